The molecule has 0 spiro atoms. The van der Waals surface area contributed by atoms with E-state index in [2.05, 4.69) is 46.4 Å². The minimum absolute atomic E-state index is 0.155. The largest absolute Gasteiger partial charge is 0.461 e. The Morgan fingerprint density at radius 2 is 1.48 bits per heavy atom. The van der Waals surface area contributed by atoms with Crippen LogP contribution in [-0.4, -0.2) is 62.3 Å². The van der Waals surface area contributed by atoms with Crippen molar-refractivity contribution in [3.63, 3.8) is 0 Å². The van der Waals surface area contributed by atoms with Crippen LogP contribution in [0.25, 0.3) is 0 Å². The van der Waals surface area contributed by atoms with Gasteiger partial charge in [-0.3, -0.25) is 4.90 Å². The zero-order chi connectivity index (χ0) is 18.7. The monoisotopic (exact) mass is 371 g/mol. The number of nitrogens with zero attached hydrogens (tertiary/aromatic N) is 1. The summed E-state index contributed by atoms with van der Waals surface area (Å²) in [5.74, 6) is 0.958. The van der Waals surface area contributed by atoms with Gasteiger partial charge in [0.15, 0.2) is 9.84 Å². The van der Waals surface area contributed by atoms with Gasteiger partial charge in [-0.05, 0) is 51.8 Å². The van der Waals surface area contributed by atoms with Gasteiger partial charge in [-0.15, -0.1) is 0 Å². The molecule has 3 rings (SSSR count). The molecule has 3 fully saturated rings. The molecular formula is C18H34BNO4S. The summed E-state index contributed by atoms with van der Waals surface area (Å²) in [6, 6.07) is 0.390. The lowest BCUT2D eigenvalue weighted by Crippen LogP contribution is -2.54. The van der Waals surface area contributed by atoms with Gasteiger partial charge in [-0.2, -0.15) is 0 Å². The average molecular weight is 371 g/mol. The van der Waals surface area contributed by atoms with Crippen LogP contribution in [-0.2, 0) is 19.1 Å². The molecule has 2 heterocycles. The quantitative estimate of drug-likeness (QED) is 0.699. The van der Waals surface area contributed by atoms with E-state index in [1.807, 2.05) is 0 Å². The van der Waals surface area contributed by atoms with Crippen molar-refractivity contribution >= 4 is 17.0 Å². The molecule has 0 aromatic heterocycles. The third kappa shape index (κ3) is 3.80. The molecule has 0 aromatic rings. The maximum Gasteiger partial charge on any atom is 0.461 e. The molecule has 25 heavy (non-hydrogen) atoms. The van der Waals surface area contributed by atoms with E-state index < -0.39 is 9.84 Å². The second-order valence-electron chi connectivity index (χ2n) is 9.85. The zero-order valence-corrected chi connectivity index (χ0v) is 17.5. The number of rotatable bonds is 2. The second kappa shape index (κ2) is 6.21. The first-order valence-electron chi connectivity index (χ1n) is 9.63. The summed E-state index contributed by atoms with van der Waals surface area (Å²) in [5.41, 5.74) is -0.389. The van der Waals surface area contributed by atoms with E-state index in [4.69, 9.17) is 9.31 Å². The summed E-state index contributed by atoms with van der Waals surface area (Å²) in [5, 5.41) is 0. The third-order valence-electron chi connectivity index (χ3n) is 7.06. The molecule has 2 saturated heterocycles. The van der Waals surface area contributed by atoms with E-state index in [0.717, 1.165) is 19.3 Å². The van der Waals surface area contributed by atoms with Gasteiger partial charge in [0.05, 0.1) is 22.7 Å². The van der Waals surface area contributed by atoms with Crippen LogP contribution in [0.2, 0.25) is 5.82 Å². The van der Waals surface area contributed by atoms with Gasteiger partial charge in [0.1, 0.15) is 0 Å². The SMILES string of the molecule is CC1(C)CCC(B2OC(C)(C)C(C)(C)O2)CC1N1CCS(=O)(=O)CC1. The zero-order valence-electron chi connectivity index (χ0n) is 16.7. The lowest BCUT2D eigenvalue weighted by Gasteiger charge is -2.49. The van der Waals surface area contributed by atoms with Crippen LogP contribution >= 0.6 is 0 Å². The van der Waals surface area contributed by atoms with Crippen LogP contribution < -0.4 is 0 Å². The molecule has 0 radical (unpaired) electrons. The first kappa shape index (κ1) is 19.7. The molecule has 0 amide bonds. The molecular weight excluding hydrogens is 337 g/mol. The Hall–Kier alpha value is -0.105. The van der Waals surface area contributed by atoms with Crippen LogP contribution in [0.5, 0.6) is 0 Å². The molecule has 2 atom stereocenters. The number of hydrogen-bond acceptors (Lipinski definition) is 5. The van der Waals surface area contributed by atoms with E-state index in [1.165, 1.54) is 0 Å². The first-order valence-corrected chi connectivity index (χ1v) is 11.5. The molecule has 0 aromatic carbocycles. The molecule has 1 aliphatic carbocycles. The summed E-state index contributed by atoms with van der Waals surface area (Å²) < 4.78 is 36.2. The average Bonchev–Trinajstić information content (AvgIpc) is 2.68. The van der Waals surface area contributed by atoms with E-state index >= 15 is 0 Å². The normalized spacial score (nSPS) is 37.1. The van der Waals surface area contributed by atoms with Crippen molar-refractivity contribution < 1.29 is 17.7 Å². The Kier molecular flexibility index (Phi) is 4.88. The fraction of sp³-hybridized carbons (Fsp3) is 1.00. The molecule has 2 aliphatic heterocycles. The Balaban J connectivity index is 1.72. The molecule has 0 bridgehead atoms. The molecule has 1 saturated carbocycles. The number of hydrogen-bond donors (Lipinski definition) is 0. The van der Waals surface area contributed by atoms with Gasteiger partial charge in [0, 0.05) is 19.1 Å². The highest BCUT2D eigenvalue weighted by molar-refractivity contribution is 7.91. The van der Waals surface area contributed by atoms with Crippen molar-refractivity contribution in [1.29, 1.82) is 0 Å². The van der Waals surface area contributed by atoms with Gasteiger partial charge in [-0.1, -0.05) is 20.3 Å². The van der Waals surface area contributed by atoms with E-state index in [9.17, 15) is 8.42 Å². The minimum Gasteiger partial charge on any atom is -0.403 e. The second-order valence-corrected chi connectivity index (χ2v) is 12.2. The van der Waals surface area contributed by atoms with Gasteiger partial charge in [0.25, 0.3) is 0 Å². The van der Waals surface area contributed by atoms with E-state index in [-0.39, 0.29) is 23.7 Å². The van der Waals surface area contributed by atoms with Crippen molar-refractivity contribution in [1.82, 2.24) is 4.90 Å². The van der Waals surface area contributed by atoms with Crippen LogP contribution in [0.3, 0.4) is 0 Å². The minimum atomic E-state index is -2.84. The van der Waals surface area contributed by atoms with Crippen LogP contribution in [0.4, 0.5) is 0 Å². The molecule has 144 valence electrons. The smallest absolute Gasteiger partial charge is 0.403 e. The topological polar surface area (TPSA) is 55.8 Å². The van der Waals surface area contributed by atoms with Crippen LogP contribution in [0.1, 0.15) is 60.8 Å². The summed E-state index contributed by atoms with van der Waals surface area (Å²) >= 11 is 0. The van der Waals surface area contributed by atoms with E-state index in [0.29, 0.717) is 36.5 Å². The third-order valence-corrected chi connectivity index (χ3v) is 8.67. The fourth-order valence-electron chi connectivity index (χ4n) is 4.46. The van der Waals surface area contributed by atoms with Crippen molar-refractivity contribution in [3.8, 4) is 0 Å². The maximum atomic E-state index is 11.8. The van der Waals surface area contributed by atoms with Crippen molar-refractivity contribution in [3.05, 3.63) is 0 Å². The summed E-state index contributed by atoms with van der Waals surface area (Å²) in [6.07, 6.45) is 3.24. The van der Waals surface area contributed by atoms with E-state index in [1.54, 1.807) is 0 Å². The molecule has 5 nitrogen and oxygen atoms in total. The highest BCUT2D eigenvalue weighted by Gasteiger charge is 2.55. The van der Waals surface area contributed by atoms with Crippen LogP contribution in [0.15, 0.2) is 0 Å². The molecule has 2 unspecified atom stereocenters. The summed E-state index contributed by atoms with van der Waals surface area (Å²) in [7, 11) is -3.00. The predicted molar refractivity (Wildman–Crippen MR) is 101 cm³/mol. The Labute approximate surface area is 153 Å². The van der Waals surface area contributed by atoms with Gasteiger partial charge < -0.3 is 9.31 Å². The molecule has 0 N–H and O–H groups in total. The first-order chi connectivity index (χ1) is 11.3. The Morgan fingerprint density at radius 1 is 0.960 bits per heavy atom. The van der Waals surface area contributed by atoms with Crippen LogP contribution in [0, 0.1) is 5.41 Å². The highest BCUT2D eigenvalue weighted by Crippen LogP contribution is 2.49. The Bertz CT molecular complexity index is 587. The lowest BCUT2D eigenvalue weighted by molar-refractivity contribution is 0.00578. The number of sulfone groups is 1. The highest BCUT2D eigenvalue weighted by atomic mass is 32.2. The van der Waals surface area contributed by atoms with Gasteiger partial charge >= 0.3 is 7.12 Å². The van der Waals surface area contributed by atoms with Crippen molar-refractivity contribution in [2.45, 2.75) is 83.9 Å². The lowest BCUT2D eigenvalue weighted by atomic mass is 9.57. The summed E-state index contributed by atoms with van der Waals surface area (Å²) in [6.45, 7) is 14.4. The molecule has 7 heteroatoms. The fourth-order valence-corrected chi connectivity index (χ4v) is 5.69. The van der Waals surface area contributed by atoms with Gasteiger partial charge in [0.2, 0.25) is 0 Å². The Morgan fingerprint density at radius 3 is 2.00 bits per heavy atom. The maximum absolute atomic E-state index is 11.8. The standard InChI is InChI=1S/C18H34BNO4S/c1-16(2)8-7-14(19-23-17(3,4)18(5,6)24-19)13-15(16)20-9-11-25(21,22)12-10-20/h14-15H,7-13H2,1-6H3. The predicted octanol–water partition coefficient (Wildman–Crippen LogP) is 2.76. The summed E-state index contributed by atoms with van der Waals surface area (Å²) in [4.78, 5) is 2.40. The van der Waals surface area contributed by atoms with Crippen molar-refractivity contribution in [2.24, 2.45) is 5.41 Å². The van der Waals surface area contributed by atoms with Gasteiger partial charge in [-0.25, -0.2) is 8.42 Å². The van der Waals surface area contributed by atoms with Crippen molar-refractivity contribution in [2.75, 3.05) is 24.6 Å². The molecule has 3 aliphatic rings.